The molecule has 1 aromatic carbocycles. The fourth-order valence-electron chi connectivity index (χ4n) is 1.99. The van der Waals surface area contributed by atoms with Crippen molar-refractivity contribution < 1.29 is 14.6 Å². The van der Waals surface area contributed by atoms with E-state index in [9.17, 15) is 14.6 Å². The zero-order chi connectivity index (χ0) is 14.3. The summed E-state index contributed by atoms with van der Waals surface area (Å²) >= 11 is 0. The molecule has 0 amide bonds. The summed E-state index contributed by atoms with van der Waals surface area (Å²) in [5.74, 6) is -0.259. The highest BCUT2D eigenvalue weighted by Crippen LogP contribution is 2.22. The molecular weight excluding hydrogens is 245 g/mol. The summed E-state index contributed by atoms with van der Waals surface area (Å²) in [6.45, 7) is 3.59. The van der Waals surface area contributed by atoms with E-state index in [-0.39, 0.29) is 25.1 Å². The molecule has 1 atom stereocenters. The fraction of sp³-hybridized carbons (Fsp3) is 0.600. The van der Waals surface area contributed by atoms with Gasteiger partial charge >= 0.3 is 0 Å². The molecule has 0 aliphatic heterocycles. The van der Waals surface area contributed by atoms with E-state index in [0.29, 0.717) is 0 Å². The Balaban J connectivity index is 2.85. The number of nitrogens with one attached hydrogen (secondary N) is 1. The first-order valence-corrected chi connectivity index (χ1v) is 6.79. The molecule has 0 fully saturated rings. The summed E-state index contributed by atoms with van der Waals surface area (Å²) in [6.07, 6.45) is 2.98. The molecule has 0 saturated heterocycles. The normalized spacial score (nSPS) is 13.5. The molecule has 19 heavy (non-hydrogen) atoms. The first-order valence-electron chi connectivity index (χ1n) is 6.79. The van der Waals surface area contributed by atoms with Gasteiger partial charge in [0.1, 0.15) is 5.82 Å². The molecule has 4 heteroatoms. The molecule has 0 spiro atoms. The Morgan fingerprint density at radius 1 is 1.21 bits per heavy atom. The predicted molar refractivity (Wildman–Crippen MR) is 74.4 cm³/mol. The molecule has 1 unspecified atom stereocenters. The van der Waals surface area contributed by atoms with Gasteiger partial charge in [-0.2, -0.15) is 0 Å². The number of hydrogen-bond acceptors (Lipinski definition) is 3. The quantitative estimate of drug-likeness (QED) is 0.679. The van der Waals surface area contributed by atoms with Crippen LogP contribution in [0, 0.1) is 5.82 Å². The Kier molecular flexibility index (Phi) is 6.42. The van der Waals surface area contributed by atoms with Gasteiger partial charge in [-0.3, -0.25) is 0 Å². The van der Waals surface area contributed by atoms with Gasteiger partial charge < -0.3 is 15.5 Å². The third-order valence-corrected chi connectivity index (χ3v) is 3.34. The lowest BCUT2D eigenvalue weighted by Crippen LogP contribution is -2.50. The molecule has 3 N–H and O–H groups in total. The maximum absolute atomic E-state index is 13.0. The average Bonchev–Trinajstić information content (AvgIpc) is 2.44. The fourth-order valence-corrected chi connectivity index (χ4v) is 1.99. The topological polar surface area (TPSA) is 52.5 Å². The van der Waals surface area contributed by atoms with Crippen LogP contribution < -0.4 is 5.32 Å². The SMILES string of the molecule is CCCCC(NC(C)(CO)CO)c1ccc(F)cc1. The molecule has 0 bridgehead atoms. The van der Waals surface area contributed by atoms with Crippen molar-refractivity contribution in [1.29, 1.82) is 0 Å². The van der Waals surface area contributed by atoms with E-state index in [2.05, 4.69) is 12.2 Å². The van der Waals surface area contributed by atoms with Crippen LogP contribution in [0.3, 0.4) is 0 Å². The van der Waals surface area contributed by atoms with Crippen LogP contribution >= 0.6 is 0 Å². The van der Waals surface area contributed by atoms with E-state index < -0.39 is 5.54 Å². The monoisotopic (exact) mass is 269 g/mol. The first-order chi connectivity index (χ1) is 9.04. The summed E-state index contributed by atoms with van der Waals surface area (Å²) in [6, 6.07) is 6.37. The molecule has 3 nitrogen and oxygen atoms in total. The predicted octanol–water partition coefficient (Wildman–Crippen LogP) is 2.39. The molecule has 0 radical (unpaired) electrons. The van der Waals surface area contributed by atoms with Crippen molar-refractivity contribution in [2.75, 3.05) is 13.2 Å². The Labute approximate surface area is 114 Å². The van der Waals surface area contributed by atoms with Crippen LogP contribution in [0.5, 0.6) is 0 Å². The van der Waals surface area contributed by atoms with Crippen molar-refractivity contribution in [1.82, 2.24) is 5.32 Å². The van der Waals surface area contributed by atoms with Crippen LogP contribution in [0.15, 0.2) is 24.3 Å². The van der Waals surface area contributed by atoms with E-state index in [1.165, 1.54) is 12.1 Å². The highest BCUT2D eigenvalue weighted by Gasteiger charge is 2.26. The third-order valence-electron chi connectivity index (χ3n) is 3.34. The summed E-state index contributed by atoms with van der Waals surface area (Å²) in [5.41, 5.74) is 0.246. The summed E-state index contributed by atoms with van der Waals surface area (Å²) in [7, 11) is 0. The van der Waals surface area contributed by atoms with E-state index in [1.807, 2.05) is 0 Å². The number of hydrogen-bond donors (Lipinski definition) is 3. The maximum Gasteiger partial charge on any atom is 0.123 e. The van der Waals surface area contributed by atoms with Gasteiger partial charge in [0, 0.05) is 6.04 Å². The van der Waals surface area contributed by atoms with Crippen LogP contribution in [-0.4, -0.2) is 29.0 Å². The molecule has 0 heterocycles. The molecular formula is C15H24FNO2. The second kappa shape index (κ2) is 7.58. The Morgan fingerprint density at radius 2 is 1.79 bits per heavy atom. The number of rotatable bonds is 8. The first kappa shape index (κ1) is 16.1. The van der Waals surface area contributed by atoms with Crippen molar-refractivity contribution in [2.45, 2.75) is 44.7 Å². The summed E-state index contributed by atoms with van der Waals surface area (Å²) in [5, 5.41) is 22.0. The van der Waals surface area contributed by atoms with Gasteiger partial charge in [-0.1, -0.05) is 31.9 Å². The molecule has 108 valence electrons. The third kappa shape index (κ3) is 4.90. The number of unbranched alkanes of at least 4 members (excludes halogenated alkanes) is 1. The smallest absolute Gasteiger partial charge is 0.123 e. The standard InChI is InChI=1S/C15H24FNO2/c1-3-4-5-14(17-15(2,10-18)11-19)12-6-8-13(16)9-7-12/h6-9,14,17-19H,3-5,10-11H2,1-2H3. The second-order valence-electron chi connectivity index (χ2n) is 5.27. The molecule has 1 rings (SSSR count). The van der Waals surface area contributed by atoms with Crippen LogP contribution in [0.1, 0.15) is 44.7 Å². The van der Waals surface area contributed by atoms with Gasteiger partial charge in [0.2, 0.25) is 0 Å². The Morgan fingerprint density at radius 3 is 2.26 bits per heavy atom. The van der Waals surface area contributed by atoms with E-state index >= 15 is 0 Å². The van der Waals surface area contributed by atoms with Gasteiger partial charge in [-0.15, -0.1) is 0 Å². The minimum Gasteiger partial charge on any atom is -0.394 e. The molecule has 0 aliphatic rings. The summed E-state index contributed by atoms with van der Waals surface area (Å²) in [4.78, 5) is 0. The van der Waals surface area contributed by atoms with E-state index in [1.54, 1.807) is 19.1 Å². The van der Waals surface area contributed by atoms with Crippen molar-refractivity contribution in [2.24, 2.45) is 0 Å². The van der Waals surface area contributed by atoms with Crippen molar-refractivity contribution in [3.63, 3.8) is 0 Å². The number of benzene rings is 1. The van der Waals surface area contributed by atoms with Crippen molar-refractivity contribution >= 4 is 0 Å². The van der Waals surface area contributed by atoms with Crippen molar-refractivity contribution in [3.8, 4) is 0 Å². The Bertz CT molecular complexity index is 363. The second-order valence-corrected chi connectivity index (χ2v) is 5.27. The molecule has 0 aromatic heterocycles. The van der Waals surface area contributed by atoms with Gasteiger partial charge in [0.25, 0.3) is 0 Å². The minimum atomic E-state index is -0.729. The van der Waals surface area contributed by atoms with E-state index in [4.69, 9.17) is 0 Å². The highest BCUT2D eigenvalue weighted by atomic mass is 19.1. The molecule has 0 aliphatic carbocycles. The zero-order valence-electron chi connectivity index (χ0n) is 11.7. The van der Waals surface area contributed by atoms with Crippen LogP contribution in [-0.2, 0) is 0 Å². The van der Waals surface area contributed by atoms with Gasteiger partial charge in [-0.05, 0) is 31.0 Å². The molecule has 1 aromatic rings. The average molecular weight is 269 g/mol. The number of aliphatic hydroxyl groups is 2. The zero-order valence-corrected chi connectivity index (χ0v) is 11.7. The number of halogens is 1. The van der Waals surface area contributed by atoms with Crippen LogP contribution in [0.25, 0.3) is 0 Å². The van der Waals surface area contributed by atoms with Crippen molar-refractivity contribution in [3.05, 3.63) is 35.6 Å². The maximum atomic E-state index is 13.0. The van der Waals surface area contributed by atoms with Crippen LogP contribution in [0.4, 0.5) is 4.39 Å². The largest absolute Gasteiger partial charge is 0.394 e. The molecule has 0 saturated carbocycles. The Hall–Kier alpha value is -0.970. The van der Waals surface area contributed by atoms with Gasteiger partial charge in [0.05, 0.1) is 18.8 Å². The highest BCUT2D eigenvalue weighted by molar-refractivity contribution is 5.20. The lowest BCUT2D eigenvalue weighted by molar-refractivity contribution is 0.0923. The number of aliphatic hydroxyl groups excluding tert-OH is 2. The van der Waals surface area contributed by atoms with E-state index in [0.717, 1.165) is 24.8 Å². The van der Waals surface area contributed by atoms with Crippen LogP contribution in [0.2, 0.25) is 0 Å². The summed E-state index contributed by atoms with van der Waals surface area (Å²) < 4.78 is 13.0. The van der Waals surface area contributed by atoms with Gasteiger partial charge in [0.15, 0.2) is 0 Å². The lowest BCUT2D eigenvalue weighted by atomic mass is 9.96. The minimum absolute atomic E-state index is 0.00449. The lowest BCUT2D eigenvalue weighted by Gasteiger charge is -2.32. The van der Waals surface area contributed by atoms with Gasteiger partial charge in [-0.25, -0.2) is 4.39 Å².